The second-order valence-corrected chi connectivity index (χ2v) is 4.15. The van der Waals surface area contributed by atoms with E-state index in [1.165, 1.54) is 7.11 Å². The van der Waals surface area contributed by atoms with Crippen LogP contribution < -0.4 is 0 Å². The van der Waals surface area contributed by atoms with Crippen LogP contribution in [0.3, 0.4) is 0 Å². The number of carbonyl (C=O) groups excluding carboxylic acids is 1. The van der Waals surface area contributed by atoms with Crippen molar-refractivity contribution in [2.75, 3.05) is 40.5 Å². The maximum atomic E-state index is 10.5. The van der Waals surface area contributed by atoms with Gasteiger partial charge in [0.25, 0.3) is 0 Å². The molecule has 0 aliphatic carbocycles. The van der Waals surface area contributed by atoms with Crippen molar-refractivity contribution in [3.8, 4) is 0 Å². The normalized spacial score (nSPS) is 8.22. The zero-order valence-corrected chi connectivity index (χ0v) is 13.7. The average Bonchev–Trinajstić information content (AvgIpc) is 2.46. The minimum absolute atomic E-state index is 0. The van der Waals surface area contributed by atoms with E-state index in [4.69, 9.17) is 47.8 Å². The summed E-state index contributed by atoms with van der Waals surface area (Å²) in [5, 5.41) is 38.3. The molecule has 0 saturated heterocycles. The Morgan fingerprint density at radius 2 is 1.26 bits per heavy atom. The van der Waals surface area contributed by atoms with Crippen LogP contribution in [0.15, 0.2) is 0 Å². The molecule has 0 aromatic heterocycles. The summed E-state index contributed by atoms with van der Waals surface area (Å²) in [7, 11) is -3.14. The highest BCUT2D eigenvalue weighted by molar-refractivity contribution is 7.79. The number of ether oxygens (including phenoxy) is 2. The molecule has 0 radical (unpaired) electrons. The molecule has 0 heterocycles. The van der Waals surface area contributed by atoms with Crippen LogP contribution in [-0.2, 0) is 24.7 Å². The van der Waals surface area contributed by atoms with Crippen LogP contribution in [0.25, 0.3) is 0 Å². The Labute approximate surface area is 164 Å². The van der Waals surface area contributed by atoms with Crippen molar-refractivity contribution in [2.24, 2.45) is 0 Å². The van der Waals surface area contributed by atoms with Crippen molar-refractivity contribution in [3.05, 3.63) is 0 Å². The number of hydrogen-bond acceptors (Lipinski definition) is 10. The van der Waals surface area contributed by atoms with Gasteiger partial charge in [0.1, 0.15) is 26.3 Å². The summed E-state index contributed by atoms with van der Waals surface area (Å²) in [5.74, 6) is 0.104. The molecule has 7 N–H and O–H groups in total. The summed E-state index contributed by atoms with van der Waals surface area (Å²) in [6.07, 6.45) is -0.422. The largest absolute Gasteiger partial charge is 0.394 e. The number of aliphatic hydroxyl groups is 5. The molecule has 13 heteroatoms. The van der Waals surface area contributed by atoms with Crippen molar-refractivity contribution >= 4 is 16.2 Å². The van der Waals surface area contributed by atoms with Gasteiger partial charge >= 0.3 is 10.4 Å². The lowest BCUT2D eigenvalue weighted by atomic mass is 10.3. The molecule has 0 aliphatic heterocycles. The molecule has 0 aromatic carbocycles. The molecule has 12 nitrogen and oxygen atoms in total. The summed E-state index contributed by atoms with van der Waals surface area (Å²) in [6, 6.07) is 0. The van der Waals surface area contributed by atoms with Crippen LogP contribution in [0.1, 0.15) is 43.1 Å². The van der Waals surface area contributed by atoms with Gasteiger partial charge in [-0.05, 0) is 0 Å². The Balaban J connectivity index is -0.0000000300. The fraction of sp³-hybridized carbons (Fsp3) is 0.929. The first-order valence-corrected chi connectivity index (χ1v) is 7.33. The first kappa shape index (κ1) is 50.3. The van der Waals surface area contributed by atoms with Gasteiger partial charge in [-0.2, -0.15) is 8.42 Å². The van der Waals surface area contributed by atoms with E-state index in [-0.39, 0.29) is 62.1 Å². The van der Waals surface area contributed by atoms with Gasteiger partial charge in [-0.15, -0.1) is 0 Å². The molecule has 0 amide bonds. The van der Waals surface area contributed by atoms with Crippen molar-refractivity contribution in [2.45, 2.75) is 49.2 Å². The molecule has 0 bridgehead atoms. The van der Waals surface area contributed by atoms with Crippen molar-refractivity contribution in [1.82, 2.24) is 0 Å². The third-order valence-corrected chi connectivity index (χ3v) is 1.28. The molecular formula is C14H42O12S. The highest BCUT2D eigenvalue weighted by atomic mass is 32.3. The SMILES string of the molecule is C.C.C.C.CCC(=O)COCOC.O=S(=O)(O)O.OCC(O)CO.OCO. The molecule has 0 fully saturated rings. The summed E-state index contributed by atoms with van der Waals surface area (Å²) < 4.78 is 40.9. The van der Waals surface area contributed by atoms with Gasteiger partial charge in [-0.25, -0.2) is 0 Å². The van der Waals surface area contributed by atoms with E-state index in [0.29, 0.717) is 6.42 Å². The molecule has 0 unspecified atom stereocenters. The smallest absolute Gasteiger partial charge is 0.394 e. The van der Waals surface area contributed by atoms with Crippen LogP contribution in [0.4, 0.5) is 0 Å². The number of hydrogen-bond donors (Lipinski definition) is 7. The van der Waals surface area contributed by atoms with E-state index in [0.717, 1.165) is 0 Å². The molecular weight excluding hydrogens is 392 g/mol. The Hall–Kier alpha value is -0.740. The average molecular weight is 435 g/mol. The zero-order chi connectivity index (χ0) is 19.3. The number of aliphatic hydroxyl groups excluding tert-OH is 4. The van der Waals surface area contributed by atoms with E-state index < -0.39 is 23.3 Å². The number of rotatable bonds is 7. The maximum absolute atomic E-state index is 10.5. The molecule has 0 spiro atoms. The van der Waals surface area contributed by atoms with E-state index >= 15 is 0 Å². The predicted octanol–water partition coefficient (Wildman–Crippen LogP) is -0.262. The fourth-order valence-corrected chi connectivity index (χ4v) is 0.399. The van der Waals surface area contributed by atoms with Gasteiger partial charge in [-0.1, -0.05) is 36.6 Å². The van der Waals surface area contributed by atoms with Crippen molar-refractivity contribution in [1.29, 1.82) is 0 Å². The molecule has 0 aromatic rings. The third kappa shape index (κ3) is 130. The first-order chi connectivity index (χ1) is 10.5. The summed E-state index contributed by atoms with van der Waals surface area (Å²) in [5.41, 5.74) is 0. The third-order valence-electron chi connectivity index (χ3n) is 1.28. The summed E-state index contributed by atoms with van der Waals surface area (Å²) >= 11 is 0. The van der Waals surface area contributed by atoms with Crippen LogP contribution >= 0.6 is 0 Å². The highest BCUT2D eigenvalue weighted by Gasteiger charge is 1.95. The second-order valence-electron chi connectivity index (χ2n) is 3.26. The van der Waals surface area contributed by atoms with Gasteiger partial charge in [0, 0.05) is 13.5 Å². The Kier molecular flexibility index (Phi) is 74.6. The van der Waals surface area contributed by atoms with E-state index in [9.17, 15) is 4.79 Å². The van der Waals surface area contributed by atoms with E-state index in [1.54, 1.807) is 6.92 Å². The second kappa shape index (κ2) is 40.1. The van der Waals surface area contributed by atoms with Gasteiger partial charge in [-0.3, -0.25) is 13.9 Å². The molecule has 176 valence electrons. The van der Waals surface area contributed by atoms with E-state index in [1.807, 2.05) is 0 Å². The molecule has 0 rings (SSSR count). The lowest BCUT2D eigenvalue weighted by Crippen LogP contribution is -2.15. The fourth-order valence-electron chi connectivity index (χ4n) is 0.399. The highest BCUT2D eigenvalue weighted by Crippen LogP contribution is 1.82. The number of ketones is 1. The maximum Gasteiger partial charge on any atom is 0.394 e. The van der Waals surface area contributed by atoms with E-state index in [2.05, 4.69) is 4.74 Å². The first-order valence-electron chi connectivity index (χ1n) is 5.93. The monoisotopic (exact) mass is 434 g/mol. The van der Waals surface area contributed by atoms with Gasteiger partial charge in [0.15, 0.2) is 5.78 Å². The Bertz CT molecular complexity index is 310. The summed E-state index contributed by atoms with van der Waals surface area (Å²) in [4.78, 5) is 10.5. The number of Topliss-reactive ketones (excluding diaryl/α,β-unsaturated/α-hetero) is 1. The lowest BCUT2D eigenvalue weighted by Gasteiger charge is -1.98. The Morgan fingerprint density at radius 1 is 0.963 bits per heavy atom. The van der Waals surface area contributed by atoms with Crippen molar-refractivity contribution in [3.63, 3.8) is 0 Å². The topological polar surface area (TPSA) is 211 Å². The molecule has 27 heavy (non-hydrogen) atoms. The zero-order valence-electron chi connectivity index (χ0n) is 12.9. The van der Waals surface area contributed by atoms with Gasteiger partial charge in [0.05, 0.1) is 13.2 Å². The standard InChI is InChI=1S/C6H12O3.C3H8O3.CH4O2.4CH4.H2O4S/c1-3-6(7)4-9-5-8-2;4-1-3(6)2-5;2-1-3;;;;;1-5(2,3)4/h3-5H2,1-2H3;3-6H,1-2H2;2-3H,1H2;4*1H4;(H2,1,2,3,4). The van der Waals surface area contributed by atoms with Gasteiger partial charge < -0.3 is 35.0 Å². The Morgan fingerprint density at radius 3 is 1.41 bits per heavy atom. The van der Waals surface area contributed by atoms with Crippen LogP contribution in [0.2, 0.25) is 0 Å². The van der Waals surface area contributed by atoms with Gasteiger partial charge in [0.2, 0.25) is 0 Å². The minimum atomic E-state index is -4.67. The van der Waals surface area contributed by atoms with Crippen LogP contribution in [0, 0.1) is 0 Å². The lowest BCUT2D eigenvalue weighted by molar-refractivity contribution is -0.127. The quantitative estimate of drug-likeness (QED) is 0.157. The number of methoxy groups -OCH3 is 1. The molecule has 0 atom stereocenters. The minimum Gasteiger partial charge on any atom is -0.394 e. The predicted molar refractivity (Wildman–Crippen MR) is 104 cm³/mol. The molecule has 0 saturated carbocycles. The van der Waals surface area contributed by atoms with Crippen LogP contribution in [-0.4, -0.2) is 95.5 Å². The summed E-state index contributed by atoms with van der Waals surface area (Å²) in [6.45, 7) is 0.696. The van der Waals surface area contributed by atoms with Crippen LogP contribution in [0.5, 0.6) is 0 Å². The number of carbonyl (C=O) groups is 1. The van der Waals surface area contributed by atoms with Crippen molar-refractivity contribution < 1.29 is 57.3 Å². The molecule has 0 aliphatic rings.